The van der Waals surface area contributed by atoms with Crippen LogP contribution in [0.5, 0.6) is 0 Å². The maximum absolute atomic E-state index is 6.04. The molecule has 2 saturated carbocycles. The van der Waals surface area contributed by atoms with Gasteiger partial charge in [-0.15, -0.1) is 0 Å². The van der Waals surface area contributed by atoms with Gasteiger partial charge in [0.25, 0.3) is 0 Å². The highest BCUT2D eigenvalue weighted by Gasteiger charge is 2.41. The van der Waals surface area contributed by atoms with E-state index in [0.29, 0.717) is 0 Å². The lowest BCUT2D eigenvalue weighted by atomic mass is 9.79. The summed E-state index contributed by atoms with van der Waals surface area (Å²) in [5.74, 6) is 3.50. The van der Waals surface area contributed by atoms with Crippen LogP contribution in [0.4, 0.5) is 11.4 Å². The summed E-state index contributed by atoms with van der Waals surface area (Å²) in [7, 11) is 0. The molecule has 1 aromatic carbocycles. The molecule has 4 aliphatic carbocycles. The lowest BCUT2D eigenvalue weighted by Gasteiger charge is -2.27. The zero-order chi connectivity index (χ0) is 12.3. The SMILES string of the molecule is Nc1cc2c(cc1N)C1CC3CCC2CCC3C1. The van der Waals surface area contributed by atoms with E-state index in [1.165, 1.54) is 44.1 Å². The summed E-state index contributed by atoms with van der Waals surface area (Å²) in [5, 5.41) is 0. The molecule has 2 unspecified atom stereocenters. The van der Waals surface area contributed by atoms with Crippen LogP contribution < -0.4 is 11.5 Å². The molecule has 0 amide bonds. The minimum absolute atomic E-state index is 0.749. The Morgan fingerprint density at radius 3 is 1.78 bits per heavy atom. The summed E-state index contributed by atoms with van der Waals surface area (Å²) in [5.41, 5.74) is 16.7. The molecule has 4 N–H and O–H groups in total. The number of rotatable bonds is 0. The van der Waals surface area contributed by atoms with E-state index in [0.717, 1.165) is 35.0 Å². The Hall–Kier alpha value is -1.18. The van der Waals surface area contributed by atoms with Gasteiger partial charge in [-0.1, -0.05) is 0 Å². The highest BCUT2D eigenvalue weighted by Crippen LogP contribution is 2.55. The van der Waals surface area contributed by atoms with E-state index in [1.54, 1.807) is 5.56 Å². The maximum Gasteiger partial charge on any atom is 0.0550 e. The van der Waals surface area contributed by atoms with E-state index >= 15 is 0 Å². The van der Waals surface area contributed by atoms with Gasteiger partial charge in [0.1, 0.15) is 0 Å². The zero-order valence-electron chi connectivity index (χ0n) is 10.9. The predicted molar refractivity (Wildman–Crippen MR) is 75.4 cm³/mol. The third-order valence-corrected chi connectivity index (χ3v) is 5.78. The Balaban J connectivity index is 1.91. The van der Waals surface area contributed by atoms with Crippen LogP contribution in [-0.2, 0) is 0 Å². The fourth-order valence-electron chi connectivity index (χ4n) is 4.83. The number of hydrogen-bond donors (Lipinski definition) is 2. The van der Waals surface area contributed by atoms with Gasteiger partial charge in [0.2, 0.25) is 0 Å². The molecule has 2 atom stereocenters. The van der Waals surface area contributed by atoms with Crippen molar-refractivity contribution >= 4 is 11.4 Å². The maximum atomic E-state index is 6.04. The zero-order valence-corrected chi connectivity index (χ0v) is 10.9. The molecule has 0 spiro atoms. The fourth-order valence-corrected chi connectivity index (χ4v) is 4.83. The molecule has 0 radical (unpaired) electrons. The highest BCUT2D eigenvalue weighted by molar-refractivity contribution is 5.67. The smallest absolute Gasteiger partial charge is 0.0550 e. The lowest BCUT2D eigenvalue weighted by Crippen LogP contribution is -2.11. The summed E-state index contributed by atoms with van der Waals surface area (Å²) in [6, 6.07) is 4.38. The monoisotopic (exact) mass is 242 g/mol. The molecule has 0 aliphatic heterocycles. The van der Waals surface area contributed by atoms with Crippen LogP contribution in [0.15, 0.2) is 12.1 Å². The van der Waals surface area contributed by atoms with E-state index in [1.807, 2.05) is 0 Å². The molecule has 0 aromatic heterocycles. The predicted octanol–water partition coefficient (Wildman–Crippen LogP) is 3.63. The molecule has 18 heavy (non-hydrogen) atoms. The van der Waals surface area contributed by atoms with Crippen LogP contribution in [0.2, 0.25) is 0 Å². The first-order valence-electron chi connectivity index (χ1n) is 7.41. The van der Waals surface area contributed by atoms with E-state index in [2.05, 4.69) is 12.1 Å². The summed E-state index contributed by atoms with van der Waals surface area (Å²) in [6.45, 7) is 0. The molecule has 4 bridgehead atoms. The van der Waals surface area contributed by atoms with Gasteiger partial charge in [-0.05, 0) is 85.5 Å². The minimum Gasteiger partial charge on any atom is -0.397 e. The van der Waals surface area contributed by atoms with Gasteiger partial charge < -0.3 is 11.5 Å². The molecular weight excluding hydrogens is 220 g/mol. The number of anilines is 2. The highest BCUT2D eigenvalue weighted by atomic mass is 14.7. The molecule has 1 aromatic rings. The Kier molecular flexibility index (Phi) is 2.18. The van der Waals surface area contributed by atoms with Crippen molar-refractivity contribution in [3.63, 3.8) is 0 Å². The van der Waals surface area contributed by atoms with Crippen molar-refractivity contribution in [2.75, 3.05) is 11.5 Å². The van der Waals surface area contributed by atoms with E-state index < -0.39 is 0 Å². The summed E-state index contributed by atoms with van der Waals surface area (Å²) < 4.78 is 0. The van der Waals surface area contributed by atoms with Gasteiger partial charge in [0.15, 0.2) is 0 Å². The topological polar surface area (TPSA) is 52.0 Å². The van der Waals surface area contributed by atoms with Gasteiger partial charge >= 0.3 is 0 Å². The first kappa shape index (κ1) is 10.7. The summed E-state index contributed by atoms with van der Waals surface area (Å²) >= 11 is 0. The lowest BCUT2D eigenvalue weighted by molar-refractivity contribution is 0.367. The third-order valence-electron chi connectivity index (χ3n) is 5.78. The van der Waals surface area contributed by atoms with Gasteiger partial charge in [0, 0.05) is 0 Å². The van der Waals surface area contributed by atoms with Crippen LogP contribution in [0, 0.1) is 11.8 Å². The van der Waals surface area contributed by atoms with Crippen LogP contribution in [0.3, 0.4) is 0 Å². The van der Waals surface area contributed by atoms with Crippen molar-refractivity contribution < 1.29 is 0 Å². The van der Waals surface area contributed by atoms with Crippen LogP contribution in [0.25, 0.3) is 0 Å². The number of nitrogens with two attached hydrogens (primary N) is 2. The van der Waals surface area contributed by atoms with Crippen molar-refractivity contribution in [3.05, 3.63) is 23.3 Å². The van der Waals surface area contributed by atoms with Crippen LogP contribution in [-0.4, -0.2) is 0 Å². The molecule has 0 heterocycles. The van der Waals surface area contributed by atoms with Gasteiger partial charge in [-0.3, -0.25) is 0 Å². The Labute approximate surface area is 109 Å². The second kappa shape index (κ2) is 3.66. The summed E-state index contributed by atoms with van der Waals surface area (Å²) in [6.07, 6.45) is 8.40. The van der Waals surface area contributed by atoms with Crippen molar-refractivity contribution in [2.24, 2.45) is 11.8 Å². The van der Waals surface area contributed by atoms with Gasteiger partial charge in [-0.2, -0.15) is 0 Å². The Morgan fingerprint density at radius 2 is 1.22 bits per heavy atom. The molecular formula is C16H22N2. The number of nitrogen functional groups attached to an aromatic ring is 2. The normalized spacial score (nSPS) is 37.1. The van der Waals surface area contributed by atoms with E-state index in [-0.39, 0.29) is 0 Å². The minimum atomic E-state index is 0.749. The average Bonchev–Trinajstić information content (AvgIpc) is 2.68. The molecule has 5 rings (SSSR count). The Bertz CT molecular complexity index is 451. The van der Waals surface area contributed by atoms with Crippen LogP contribution in [0.1, 0.15) is 61.5 Å². The first-order chi connectivity index (χ1) is 8.72. The van der Waals surface area contributed by atoms with Gasteiger partial charge in [0.05, 0.1) is 11.4 Å². The van der Waals surface area contributed by atoms with Crippen molar-refractivity contribution in [1.82, 2.24) is 0 Å². The standard InChI is InChI=1S/C16H22N2/c17-15-7-13-9-1-3-10-5-12(6-11(10)4-2-9)14(13)8-16(15)18/h7-12H,1-6,17-18H2. The fraction of sp³-hybridized carbons (Fsp3) is 0.625. The first-order valence-corrected chi connectivity index (χ1v) is 7.41. The summed E-state index contributed by atoms with van der Waals surface area (Å²) in [4.78, 5) is 0. The van der Waals surface area contributed by atoms with Crippen molar-refractivity contribution in [3.8, 4) is 0 Å². The molecule has 2 heteroatoms. The van der Waals surface area contributed by atoms with Crippen molar-refractivity contribution in [2.45, 2.75) is 50.4 Å². The van der Waals surface area contributed by atoms with E-state index in [9.17, 15) is 0 Å². The molecule has 2 nitrogen and oxygen atoms in total. The average molecular weight is 242 g/mol. The second-order valence-corrected chi connectivity index (χ2v) is 6.65. The van der Waals surface area contributed by atoms with Crippen molar-refractivity contribution in [1.29, 1.82) is 0 Å². The molecule has 0 saturated heterocycles. The largest absolute Gasteiger partial charge is 0.397 e. The second-order valence-electron chi connectivity index (χ2n) is 6.65. The number of benzene rings is 1. The molecule has 2 fully saturated rings. The van der Waals surface area contributed by atoms with Gasteiger partial charge in [-0.25, -0.2) is 0 Å². The Morgan fingerprint density at radius 1 is 0.722 bits per heavy atom. The van der Waals surface area contributed by atoms with E-state index in [4.69, 9.17) is 11.5 Å². The third kappa shape index (κ3) is 1.41. The number of fused-ring (bicyclic) bond motifs is 2. The quantitative estimate of drug-likeness (QED) is 0.682. The van der Waals surface area contributed by atoms with Crippen LogP contribution >= 0.6 is 0 Å². The molecule has 96 valence electrons. The molecule has 4 aliphatic rings. The number of hydrogen-bond acceptors (Lipinski definition) is 2.